The zero-order valence-electron chi connectivity index (χ0n) is 49.7. The maximum atomic E-state index is 12.9. The second kappa shape index (κ2) is 63.6. The highest BCUT2D eigenvalue weighted by Crippen LogP contribution is 2.15. The standard InChI is InChI=1S/C70H118O6/c1-4-7-10-13-16-19-22-25-27-29-31-32-33-34-35-36-37-38-40-41-43-45-48-51-54-57-60-63-69(72)75-66-67(65-74-68(71)62-59-56-53-50-47-24-21-18-15-12-9-6-3)76-70(73)64-61-58-55-52-49-46-44-42-39-30-28-26-23-20-17-14-11-8-5-2/h7,10,16-21,25-28,31-32,34-35,37-38,67H,4-6,8-9,11-15,22-24,29-30,33,36,39-66H2,1-3H3/b10-7-,19-16-,20-17-,21-18-,27-25-,28-26-,32-31-,35-34-,38-37-. The van der Waals surface area contributed by atoms with Crippen LogP contribution >= 0.6 is 0 Å². The van der Waals surface area contributed by atoms with E-state index in [1.54, 1.807) is 0 Å². The Morgan fingerprint density at radius 3 is 0.816 bits per heavy atom. The zero-order valence-corrected chi connectivity index (χ0v) is 49.7. The summed E-state index contributed by atoms with van der Waals surface area (Å²) in [5, 5.41) is 0. The molecule has 0 aromatic heterocycles. The maximum Gasteiger partial charge on any atom is 0.306 e. The first-order chi connectivity index (χ1) is 37.5. The van der Waals surface area contributed by atoms with Crippen molar-refractivity contribution in [3.8, 4) is 0 Å². The van der Waals surface area contributed by atoms with E-state index in [9.17, 15) is 14.4 Å². The van der Waals surface area contributed by atoms with E-state index in [0.29, 0.717) is 19.3 Å². The molecule has 0 radical (unpaired) electrons. The molecule has 76 heavy (non-hydrogen) atoms. The molecular weight excluding hydrogens is 937 g/mol. The van der Waals surface area contributed by atoms with Gasteiger partial charge in [-0.2, -0.15) is 0 Å². The van der Waals surface area contributed by atoms with Crippen LogP contribution in [0.2, 0.25) is 0 Å². The van der Waals surface area contributed by atoms with Crippen molar-refractivity contribution >= 4 is 17.9 Å². The van der Waals surface area contributed by atoms with Crippen LogP contribution in [0.25, 0.3) is 0 Å². The van der Waals surface area contributed by atoms with Crippen molar-refractivity contribution in [2.75, 3.05) is 13.2 Å². The van der Waals surface area contributed by atoms with Crippen molar-refractivity contribution in [3.63, 3.8) is 0 Å². The SMILES string of the molecule is CC/C=C\C/C=C\C/C=C\C/C=C\C/C=C\C/C=C\CCCCCCCCCCC(=O)OCC(COC(=O)CCCCCCC/C=C\CCCCC)OC(=O)CCCCCCCCCCC/C=C\C/C=C\CCCCC. The third-order valence-electron chi connectivity index (χ3n) is 13.5. The van der Waals surface area contributed by atoms with E-state index in [2.05, 4.69) is 130 Å². The number of unbranched alkanes of at least 4 members (excludes halogenated alkanes) is 28. The molecule has 0 spiro atoms. The van der Waals surface area contributed by atoms with Gasteiger partial charge in [0.25, 0.3) is 0 Å². The van der Waals surface area contributed by atoms with Gasteiger partial charge >= 0.3 is 17.9 Å². The van der Waals surface area contributed by atoms with Gasteiger partial charge in [-0.3, -0.25) is 14.4 Å². The molecule has 1 atom stereocenters. The number of esters is 3. The molecule has 0 aromatic rings. The minimum absolute atomic E-state index is 0.0866. The normalized spacial score (nSPS) is 12.8. The largest absolute Gasteiger partial charge is 0.462 e. The zero-order chi connectivity index (χ0) is 55.0. The molecule has 0 amide bonds. The minimum atomic E-state index is -0.789. The van der Waals surface area contributed by atoms with E-state index >= 15 is 0 Å². The van der Waals surface area contributed by atoms with Gasteiger partial charge in [0.15, 0.2) is 6.10 Å². The Morgan fingerprint density at radius 1 is 0.276 bits per heavy atom. The minimum Gasteiger partial charge on any atom is -0.462 e. The maximum absolute atomic E-state index is 12.9. The van der Waals surface area contributed by atoms with Gasteiger partial charge in [-0.25, -0.2) is 0 Å². The van der Waals surface area contributed by atoms with Crippen LogP contribution in [-0.4, -0.2) is 37.2 Å². The van der Waals surface area contributed by atoms with E-state index in [-0.39, 0.29) is 31.1 Å². The second-order valence-corrected chi connectivity index (χ2v) is 20.9. The summed E-state index contributed by atoms with van der Waals surface area (Å²) in [5.74, 6) is -0.902. The smallest absolute Gasteiger partial charge is 0.306 e. The highest BCUT2D eigenvalue weighted by atomic mass is 16.6. The van der Waals surface area contributed by atoms with E-state index in [1.165, 1.54) is 141 Å². The summed E-state index contributed by atoms with van der Waals surface area (Å²) in [6, 6.07) is 0. The van der Waals surface area contributed by atoms with Crippen LogP contribution < -0.4 is 0 Å². The average molecular weight is 1060 g/mol. The summed E-state index contributed by atoms with van der Waals surface area (Å²) >= 11 is 0. The van der Waals surface area contributed by atoms with Gasteiger partial charge in [-0.15, -0.1) is 0 Å². The van der Waals surface area contributed by atoms with Crippen LogP contribution in [0.3, 0.4) is 0 Å². The Morgan fingerprint density at radius 2 is 0.513 bits per heavy atom. The monoisotopic (exact) mass is 1050 g/mol. The first-order valence-electron chi connectivity index (χ1n) is 31.9. The van der Waals surface area contributed by atoms with E-state index in [1.807, 2.05) is 0 Å². The molecule has 0 aliphatic rings. The fourth-order valence-corrected chi connectivity index (χ4v) is 8.71. The molecule has 0 rings (SSSR count). The van der Waals surface area contributed by atoms with E-state index < -0.39 is 6.10 Å². The summed E-state index contributed by atoms with van der Waals surface area (Å²) in [7, 11) is 0. The molecule has 0 saturated heterocycles. The van der Waals surface area contributed by atoms with Gasteiger partial charge in [0.05, 0.1) is 0 Å². The van der Waals surface area contributed by atoms with E-state index in [0.717, 1.165) is 116 Å². The van der Waals surface area contributed by atoms with Crippen molar-refractivity contribution in [2.45, 2.75) is 303 Å². The molecule has 6 nitrogen and oxygen atoms in total. The Labute approximate surface area is 470 Å². The summed E-state index contributed by atoms with van der Waals surface area (Å²) in [5.41, 5.74) is 0. The van der Waals surface area contributed by atoms with Crippen molar-refractivity contribution in [1.82, 2.24) is 0 Å². The van der Waals surface area contributed by atoms with Gasteiger partial charge in [0.1, 0.15) is 13.2 Å². The molecular formula is C70H118O6. The molecule has 0 aliphatic carbocycles. The Bertz CT molecular complexity index is 1540. The van der Waals surface area contributed by atoms with Crippen molar-refractivity contribution in [1.29, 1.82) is 0 Å². The molecule has 0 fully saturated rings. The lowest BCUT2D eigenvalue weighted by molar-refractivity contribution is -0.167. The number of rotatable bonds is 57. The predicted molar refractivity (Wildman–Crippen MR) is 330 cm³/mol. The Hall–Kier alpha value is -3.93. The molecule has 6 heteroatoms. The van der Waals surface area contributed by atoms with Gasteiger partial charge in [0, 0.05) is 19.3 Å². The number of hydrogen-bond acceptors (Lipinski definition) is 6. The number of carbonyl (C=O) groups is 3. The van der Waals surface area contributed by atoms with Crippen LogP contribution in [0.15, 0.2) is 109 Å². The topological polar surface area (TPSA) is 78.9 Å². The molecule has 0 bridgehead atoms. The van der Waals surface area contributed by atoms with Gasteiger partial charge in [0.2, 0.25) is 0 Å². The van der Waals surface area contributed by atoms with Crippen molar-refractivity contribution in [3.05, 3.63) is 109 Å². The van der Waals surface area contributed by atoms with E-state index in [4.69, 9.17) is 14.2 Å². The van der Waals surface area contributed by atoms with Crippen LogP contribution in [0.1, 0.15) is 297 Å². The molecule has 1 unspecified atom stereocenters. The summed E-state index contributed by atoms with van der Waals surface area (Å²) in [6.07, 6.45) is 86.6. The predicted octanol–water partition coefficient (Wildman–Crippen LogP) is 21.8. The van der Waals surface area contributed by atoms with Crippen LogP contribution in [0, 0.1) is 0 Å². The van der Waals surface area contributed by atoms with Crippen molar-refractivity contribution in [2.24, 2.45) is 0 Å². The molecule has 434 valence electrons. The highest BCUT2D eigenvalue weighted by Gasteiger charge is 2.19. The Balaban J connectivity index is 4.33. The Kier molecular flexibility index (Phi) is 60.3. The van der Waals surface area contributed by atoms with Gasteiger partial charge in [-0.05, 0) is 128 Å². The second-order valence-electron chi connectivity index (χ2n) is 20.9. The van der Waals surface area contributed by atoms with Crippen LogP contribution in [-0.2, 0) is 28.6 Å². The quantitative estimate of drug-likeness (QED) is 0.0261. The first kappa shape index (κ1) is 72.1. The third-order valence-corrected chi connectivity index (χ3v) is 13.5. The number of allylic oxidation sites excluding steroid dienone is 18. The lowest BCUT2D eigenvalue weighted by Gasteiger charge is -2.18. The lowest BCUT2D eigenvalue weighted by atomic mass is 10.1. The summed E-state index contributed by atoms with van der Waals surface area (Å²) < 4.78 is 16.9. The number of hydrogen-bond donors (Lipinski definition) is 0. The lowest BCUT2D eigenvalue weighted by Crippen LogP contribution is -2.30. The van der Waals surface area contributed by atoms with Crippen molar-refractivity contribution < 1.29 is 28.6 Å². The number of carbonyl (C=O) groups excluding carboxylic acids is 3. The molecule has 0 heterocycles. The molecule has 0 saturated carbocycles. The fourth-order valence-electron chi connectivity index (χ4n) is 8.71. The molecule has 0 aliphatic heterocycles. The molecule has 0 aromatic carbocycles. The molecule has 0 N–H and O–H groups in total. The first-order valence-corrected chi connectivity index (χ1v) is 31.9. The van der Waals surface area contributed by atoms with Gasteiger partial charge < -0.3 is 14.2 Å². The summed E-state index contributed by atoms with van der Waals surface area (Å²) in [4.78, 5) is 38.3. The average Bonchev–Trinajstić information content (AvgIpc) is 3.42. The van der Waals surface area contributed by atoms with Crippen LogP contribution in [0.4, 0.5) is 0 Å². The fraction of sp³-hybridized carbons (Fsp3) is 0.700. The highest BCUT2D eigenvalue weighted by molar-refractivity contribution is 5.71. The van der Waals surface area contributed by atoms with Crippen LogP contribution in [0.5, 0.6) is 0 Å². The summed E-state index contributed by atoms with van der Waals surface area (Å²) in [6.45, 7) is 6.48. The van der Waals surface area contributed by atoms with Gasteiger partial charge in [-0.1, -0.05) is 259 Å². The number of ether oxygens (including phenoxy) is 3. The third kappa shape index (κ3) is 60.9.